The summed E-state index contributed by atoms with van der Waals surface area (Å²) in [5, 5.41) is 0. The van der Waals surface area contributed by atoms with E-state index in [1.165, 1.54) is 5.56 Å². The van der Waals surface area contributed by atoms with Gasteiger partial charge in [-0.1, -0.05) is 44.2 Å². The molecule has 0 amide bonds. The molecule has 1 aromatic carbocycles. The van der Waals surface area contributed by atoms with Gasteiger partial charge in [0.15, 0.2) is 0 Å². The number of hydrogen-bond acceptors (Lipinski definition) is 2. The molecule has 2 heteroatoms. The van der Waals surface area contributed by atoms with E-state index in [0.29, 0.717) is 12.6 Å². The van der Waals surface area contributed by atoms with E-state index in [1.54, 1.807) is 0 Å². The molecule has 1 atom stereocenters. The van der Waals surface area contributed by atoms with Crippen LogP contribution >= 0.6 is 0 Å². The van der Waals surface area contributed by atoms with Crippen LogP contribution in [-0.4, -0.2) is 25.5 Å². The highest BCUT2D eigenvalue weighted by Gasteiger charge is 2.30. The van der Waals surface area contributed by atoms with Crippen molar-refractivity contribution in [3.05, 3.63) is 35.9 Å². The highest BCUT2D eigenvalue weighted by molar-refractivity contribution is 5.21. The highest BCUT2D eigenvalue weighted by atomic mass is 15.1. The summed E-state index contributed by atoms with van der Waals surface area (Å²) in [5.41, 5.74) is 7.28. The summed E-state index contributed by atoms with van der Waals surface area (Å²) < 4.78 is 0. The standard InChI is InChI=1S/C13H22N2/c1-13(2,10-14)12(15(3)4)11-8-6-5-7-9-11/h5-9,12H,10,14H2,1-4H3. The first-order chi connectivity index (χ1) is 6.99. The second-order valence-corrected chi connectivity index (χ2v) is 4.97. The summed E-state index contributed by atoms with van der Waals surface area (Å²) in [6.07, 6.45) is 0. The van der Waals surface area contributed by atoms with Gasteiger partial charge in [0, 0.05) is 6.04 Å². The van der Waals surface area contributed by atoms with Crippen LogP contribution in [0.1, 0.15) is 25.5 Å². The lowest BCUT2D eigenvalue weighted by atomic mass is 9.80. The Morgan fingerprint density at radius 3 is 2.13 bits per heavy atom. The monoisotopic (exact) mass is 206 g/mol. The molecular weight excluding hydrogens is 184 g/mol. The summed E-state index contributed by atoms with van der Waals surface area (Å²) in [5.74, 6) is 0. The summed E-state index contributed by atoms with van der Waals surface area (Å²) >= 11 is 0. The Hall–Kier alpha value is -0.860. The van der Waals surface area contributed by atoms with Crippen LogP contribution in [0, 0.1) is 5.41 Å². The zero-order chi connectivity index (χ0) is 11.5. The fraction of sp³-hybridized carbons (Fsp3) is 0.538. The van der Waals surface area contributed by atoms with Crippen molar-refractivity contribution in [1.82, 2.24) is 4.90 Å². The summed E-state index contributed by atoms with van der Waals surface area (Å²) in [6, 6.07) is 10.9. The Balaban J connectivity index is 3.04. The molecule has 2 nitrogen and oxygen atoms in total. The molecule has 15 heavy (non-hydrogen) atoms. The third-order valence-corrected chi connectivity index (χ3v) is 2.90. The molecule has 1 aromatic rings. The zero-order valence-electron chi connectivity index (χ0n) is 10.2. The van der Waals surface area contributed by atoms with Gasteiger partial charge in [0.05, 0.1) is 0 Å². The van der Waals surface area contributed by atoms with E-state index in [-0.39, 0.29) is 5.41 Å². The molecule has 0 bridgehead atoms. The Bertz CT molecular complexity index is 291. The lowest BCUT2D eigenvalue weighted by Gasteiger charge is -2.38. The molecule has 0 aliphatic heterocycles. The molecule has 2 N–H and O–H groups in total. The van der Waals surface area contributed by atoms with Gasteiger partial charge in [-0.25, -0.2) is 0 Å². The van der Waals surface area contributed by atoms with Crippen molar-refractivity contribution in [2.24, 2.45) is 11.1 Å². The highest BCUT2D eigenvalue weighted by Crippen LogP contribution is 2.35. The van der Waals surface area contributed by atoms with E-state index in [9.17, 15) is 0 Å². The van der Waals surface area contributed by atoms with Crippen LogP contribution in [0.3, 0.4) is 0 Å². The molecule has 0 aliphatic carbocycles. The fourth-order valence-corrected chi connectivity index (χ4v) is 2.20. The van der Waals surface area contributed by atoms with Gasteiger partial charge in [-0.3, -0.25) is 0 Å². The molecular formula is C13H22N2. The molecule has 0 saturated carbocycles. The largest absolute Gasteiger partial charge is 0.330 e. The van der Waals surface area contributed by atoms with Gasteiger partial charge < -0.3 is 10.6 Å². The number of benzene rings is 1. The van der Waals surface area contributed by atoms with Gasteiger partial charge in [-0.15, -0.1) is 0 Å². The van der Waals surface area contributed by atoms with Crippen LogP contribution in [0.4, 0.5) is 0 Å². The smallest absolute Gasteiger partial charge is 0.0405 e. The van der Waals surface area contributed by atoms with E-state index in [0.717, 1.165) is 0 Å². The van der Waals surface area contributed by atoms with Crippen molar-refractivity contribution in [3.63, 3.8) is 0 Å². The number of rotatable bonds is 4. The van der Waals surface area contributed by atoms with Crippen molar-refractivity contribution in [3.8, 4) is 0 Å². The molecule has 0 heterocycles. The van der Waals surface area contributed by atoms with E-state index >= 15 is 0 Å². The minimum Gasteiger partial charge on any atom is -0.330 e. The van der Waals surface area contributed by atoms with E-state index < -0.39 is 0 Å². The fourth-order valence-electron chi connectivity index (χ4n) is 2.20. The van der Waals surface area contributed by atoms with Crippen LogP contribution in [0.5, 0.6) is 0 Å². The predicted octanol–water partition coefficient (Wildman–Crippen LogP) is 2.27. The Kier molecular flexibility index (Phi) is 3.89. The summed E-state index contributed by atoms with van der Waals surface area (Å²) in [7, 11) is 4.21. The van der Waals surface area contributed by atoms with Gasteiger partial charge in [0.25, 0.3) is 0 Å². The molecule has 0 aromatic heterocycles. The summed E-state index contributed by atoms with van der Waals surface area (Å²) in [6.45, 7) is 5.11. The third-order valence-electron chi connectivity index (χ3n) is 2.90. The molecule has 1 unspecified atom stereocenters. The van der Waals surface area contributed by atoms with Gasteiger partial charge in [-0.2, -0.15) is 0 Å². The third kappa shape index (κ3) is 2.80. The van der Waals surface area contributed by atoms with Gasteiger partial charge in [0.1, 0.15) is 0 Å². The molecule has 0 fully saturated rings. The van der Waals surface area contributed by atoms with Crippen LogP contribution < -0.4 is 5.73 Å². The lowest BCUT2D eigenvalue weighted by molar-refractivity contribution is 0.143. The lowest BCUT2D eigenvalue weighted by Crippen LogP contribution is -2.38. The molecule has 0 radical (unpaired) electrons. The molecule has 0 spiro atoms. The van der Waals surface area contributed by atoms with Gasteiger partial charge in [0.2, 0.25) is 0 Å². The molecule has 0 saturated heterocycles. The Labute approximate surface area is 93.1 Å². The van der Waals surface area contributed by atoms with Crippen LogP contribution in [0.2, 0.25) is 0 Å². The number of hydrogen-bond donors (Lipinski definition) is 1. The predicted molar refractivity (Wildman–Crippen MR) is 65.7 cm³/mol. The van der Waals surface area contributed by atoms with E-state index in [4.69, 9.17) is 5.73 Å². The quantitative estimate of drug-likeness (QED) is 0.819. The first-order valence-electron chi connectivity index (χ1n) is 5.40. The summed E-state index contributed by atoms with van der Waals surface area (Å²) in [4.78, 5) is 2.24. The van der Waals surface area contributed by atoms with Crippen molar-refractivity contribution in [1.29, 1.82) is 0 Å². The number of nitrogens with zero attached hydrogens (tertiary/aromatic N) is 1. The average molecular weight is 206 g/mol. The average Bonchev–Trinajstić information content (AvgIpc) is 2.18. The van der Waals surface area contributed by atoms with E-state index in [1.807, 2.05) is 6.07 Å². The second kappa shape index (κ2) is 4.77. The van der Waals surface area contributed by atoms with Crippen molar-refractivity contribution >= 4 is 0 Å². The molecule has 84 valence electrons. The minimum atomic E-state index is 0.0881. The minimum absolute atomic E-state index is 0.0881. The van der Waals surface area contributed by atoms with Crippen molar-refractivity contribution in [2.45, 2.75) is 19.9 Å². The zero-order valence-corrected chi connectivity index (χ0v) is 10.2. The SMILES string of the molecule is CN(C)C(c1ccccc1)C(C)(C)CN. The maximum absolute atomic E-state index is 5.86. The topological polar surface area (TPSA) is 29.3 Å². The van der Waals surface area contributed by atoms with Crippen LogP contribution in [0.15, 0.2) is 30.3 Å². The van der Waals surface area contributed by atoms with Crippen molar-refractivity contribution in [2.75, 3.05) is 20.6 Å². The molecule has 1 rings (SSSR count). The Morgan fingerprint density at radius 2 is 1.73 bits per heavy atom. The first-order valence-corrected chi connectivity index (χ1v) is 5.40. The second-order valence-electron chi connectivity index (χ2n) is 4.97. The maximum Gasteiger partial charge on any atom is 0.0405 e. The van der Waals surface area contributed by atoms with E-state index in [2.05, 4.69) is 57.1 Å². The number of nitrogens with two attached hydrogens (primary N) is 1. The van der Waals surface area contributed by atoms with Crippen LogP contribution in [0.25, 0.3) is 0 Å². The van der Waals surface area contributed by atoms with Gasteiger partial charge in [-0.05, 0) is 31.6 Å². The van der Waals surface area contributed by atoms with Gasteiger partial charge >= 0.3 is 0 Å². The first kappa shape index (κ1) is 12.2. The normalized spacial score (nSPS) is 14.3. The molecule has 0 aliphatic rings. The van der Waals surface area contributed by atoms with Crippen LogP contribution in [-0.2, 0) is 0 Å². The Morgan fingerprint density at radius 1 is 1.20 bits per heavy atom. The van der Waals surface area contributed by atoms with Crippen molar-refractivity contribution < 1.29 is 0 Å². The maximum atomic E-state index is 5.86.